The van der Waals surface area contributed by atoms with Gasteiger partial charge < -0.3 is 9.84 Å². The highest BCUT2D eigenvalue weighted by atomic mass is 16.5. The van der Waals surface area contributed by atoms with E-state index < -0.39 is 0 Å². The van der Waals surface area contributed by atoms with E-state index in [9.17, 15) is 5.11 Å². The molecule has 1 N–H and O–H groups in total. The molecule has 4 heteroatoms. The first-order valence-corrected chi connectivity index (χ1v) is 9.25. The van der Waals surface area contributed by atoms with Crippen molar-refractivity contribution in [3.05, 3.63) is 53.9 Å². The van der Waals surface area contributed by atoms with Crippen molar-refractivity contribution in [2.45, 2.75) is 57.7 Å². The first-order valence-electron chi connectivity index (χ1n) is 9.25. The molecule has 1 aliphatic rings. The van der Waals surface area contributed by atoms with E-state index in [1.165, 1.54) is 44.1 Å². The Morgan fingerprint density at radius 3 is 2.56 bits per heavy atom. The zero-order valence-corrected chi connectivity index (χ0v) is 15.0. The topological polar surface area (TPSA) is 45.6 Å². The zero-order chi connectivity index (χ0) is 17.5. The molecule has 0 saturated heterocycles. The normalized spacial score (nSPS) is 15.9. The lowest BCUT2D eigenvalue weighted by Crippen LogP contribution is -2.34. The van der Waals surface area contributed by atoms with Gasteiger partial charge in [-0.25, -0.2) is 0 Å². The summed E-state index contributed by atoms with van der Waals surface area (Å²) in [5.41, 5.74) is 2.08. The summed E-state index contributed by atoms with van der Waals surface area (Å²) >= 11 is 0. The van der Waals surface area contributed by atoms with E-state index in [2.05, 4.69) is 16.0 Å². The van der Waals surface area contributed by atoms with E-state index in [0.29, 0.717) is 18.3 Å². The van der Waals surface area contributed by atoms with Crippen molar-refractivity contribution in [2.75, 3.05) is 7.11 Å². The summed E-state index contributed by atoms with van der Waals surface area (Å²) in [5, 5.41) is 10.4. The van der Waals surface area contributed by atoms with Crippen molar-refractivity contribution in [2.24, 2.45) is 0 Å². The number of aromatic hydroxyl groups is 1. The van der Waals surface area contributed by atoms with Crippen molar-refractivity contribution < 1.29 is 9.84 Å². The molecular formula is C21H28N2O2. The lowest BCUT2D eigenvalue weighted by Gasteiger charge is -2.32. The Kier molecular flexibility index (Phi) is 6.29. The molecule has 1 saturated carbocycles. The minimum atomic E-state index is 0.309. The van der Waals surface area contributed by atoms with Gasteiger partial charge in [0.05, 0.1) is 7.11 Å². The third-order valence-electron chi connectivity index (χ3n) is 5.14. The molecule has 1 aromatic carbocycles. The number of rotatable bonds is 6. The quantitative estimate of drug-likeness (QED) is 0.785. The van der Waals surface area contributed by atoms with Crippen LogP contribution in [0.5, 0.6) is 11.5 Å². The lowest BCUT2D eigenvalue weighted by atomic mass is 10.0. The van der Waals surface area contributed by atoms with Gasteiger partial charge >= 0.3 is 0 Å². The lowest BCUT2D eigenvalue weighted by molar-refractivity contribution is 0.158. The fraction of sp³-hybridized carbons (Fsp3) is 0.476. The number of hydrogen-bond acceptors (Lipinski definition) is 4. The van der Waals surface area contributed by atoms with Gasteiger partial charge in [-0.2, -0.15) is 0 Å². The number of hydrogen-bond donors (Lipinski definition) is 1. The summed E-state index contributed by atoms with van der Waals surface area (Å²) < 4.78 is 5.49. The van der Waals surface area contributed by atoms with Gasteiger partial charge in [0.15, 0.2) is 0 Å². The van der Waals surface area contributed by atoms with Gasteiger partial charge in [0.25, 0.3) is 0 Å². The molecule has 2 aromatic rings. The number of aromatic nitrogens is 1. The SMILES string of the molecule is COc1cccc(O)c1CN(Cc1cccnc1)C1CCCCCC1. The van der Waals surface area contributed by atoms with E-state index >= 15 is 0 Å². The second-order valence-electron chi connectivity index (χ2n) is 6.87. The van der Waals surface area contributed by atoms with Gasteiger partial charge in [-0.3, -0.25) is 9.88 Å². The minimum absolute atomic E-state index is 0.309. The molecule has 1 aliphatic carbocycles. The first-order chi connectivity index (χ1) is 12.3. The maximum absolute atomic E-state index is 10.4. The van der Waals surface area contributed by atoms with Gasteiger partial charge in [0.1, 0.15) is 11.5 Å². The number of ether oxygens (including phenoxy) is 1. The summed E-state index contributed by atoms with van der Waals surface area (Å²) in [4.78, 5) is 6.74. The number of pyridine rings is 1. The van der Waals surface area contributed by atoms with Crippen molar-refractivity contribution in [3.8, 4) is 11.5 Å². The predicted molar refractivity (Wildman–Crippen MR) is 99.6 cm³/mol. The smallest absolute Gasteiger partial charge is 0.127 e. The highest BCUT2D eigenvalue weighted by Gasteiger charge is 2.23. The van der Waals surface area contributed by atoms with Crippen LogP contribution in [0.3, 0.4) is 0 Å². The standard InChI is InChI=1S/C21H28N2O2/c1-25-21-12-6-11-20(24)19(21)16-23(15-17-8-7-13-22-14-17)18-9-4-2-3-5-10-18/h6-8,11-14,18,24H,2-5,9-10,15-16H2,1H3. The van der Waals surface area contributed by atoms with Crippen LogP contribution in [-0.4, -0.2) is 28.1 Å². The van der Waals surface area contributed by atoms with Crippen molar-refractivity contribution >= 4 is 0 Å². The molecular weight excluding hydrogens is 312 g/mol. The van der Waals surface area contributed by atoms with E-state index in [4.69, 9.17) is 4.74 Å². The molecule has 1 heterocycles. The summed E-state index contributed by atoms with van der Waals surface area (Å²) in [5.74, 6) is 1.06. The Bertz CT molecular complexity index is 652. The fourth-order valence-corrected chi connectivity index (χ4v) is 3.77. The molecule has 134 valence electrons. The molecule has 0 atom stereocenters. The maximum Gasteiger partial charge on any atom is 0.127 e. The Labute approximate surface area is 150 Å². The van der Waals surface area contributed by atoms with E-state index in [0.717, 1.165) is 17.9 Å². The molecule has 4 nitrogen and oxygen atoms in total. The van der Waals surface area contributed by atoms with E-state index in [1.807, 2.05) is 30.6 Å². The Hall–Kier alpha value is -2.07. The molecule has 0 spiro atoms. The molecule has 0 bridgehead atoms. The molecule has 0 amide bonds. The Morgan fingerprint density at radius 1 is 1.08 bits per heavy atom. The van der Waals surface area contributed by atoms with Crippen molar-refractivity contribution in [3.63, 3.8) is 0 Å². The predicted octanol–water partition coefficient (Wildman–Crippen LogP) is 4.52. The fourth-order valence-electron chi connectivity index (χ4n) is 3.77. The third kappa shape index (κ3) is 4.73. The molecule has 3 rings (SSSR count). The molecule has 1 aromatic heterocycles. The highest BCUT2D eigenvalue weighted by molar-refractivity contribution is 5.43. The molecule has 0 radical (unpaired) electrons. The van der Waals surface area contributed by atoms with Crippen LogP contribution in [0.1, 0.15) is 49.7 Å². The van der Waals surface area contributed by atoms with Crippen LogP contribution in [0.4, 0.5) is 0 Å². The molecule has 25 heavy (non-hydrogen) atoms. The van der Waals surface area contributed by atoms with Crippen LogP contribution in [-0.2, 0) is 13.1 Å². The number of methoxy groups -OCH3 is 1. The highest BCUT2D eigenvalue weighted by Crippen LogP contribution is 2.32. The van der Waals surface area contributed by atoms with Gasteiger partial charge in [-0.1, -0.05) is 37.8 Å². The number of benzene rings is 1. The van der Waals surface area contributed by atoms with Gasteiger partial charge in [0, 0.05) is 37.1 Å². The van der Waals surface area contributed by atoms with Crippen molar-refractivity contribution in [1.82, 2.24) is 9.88 Å². The Morgan fingerprint density at radius 2 is 1.88 bits per heavy atom. The number of phenolic OH excluding ortho intramolecular Hbond substituents is 1. The van der Waals surface area contributed by atoms with Gasteiger partial charge in [-0.15, -0.1) is 0 Å². The summed E-state index contributed by atoms with van der Waals surface area (Å²) in [6.45, 7) is 1.53. The Balaban J connectivity index is 1.85. The van der Waals surface area contributed by atoms with E-state index in [1.54, 1.807) is 13.2 Å². The van der Waals surface area contributed by atoms with Crippen LogP contribution in [0.25, 0.3) is 0 Å². The average molecular weight is 340 g/mol. The van der Waals surface area contributed by atoms with Crippen LogP contribution in [0.2, 0.25) is 0 Å². The maximum atomic E-state index is 10.4. The van der Waals surface area contributed by atoms with Gasteiger partial charge in [0.2, 0.25) is 0 Å². The van der Waals surface area contributed by atoms with Crippen molar-refractivity contribution in [1.29, 1.82) is 0 Å². The third-order valence-corrected chi connectivity index (χ3v) is 5.14. The summed E-state index contributed by atoms with van der Waals surface area (Å²) in [6.07, 6.45) is 11.4. The van der Waals surface area contributed by atoms with Gasteiger partial charge in [-0.05, 0) is 36.6 Å². The molecule has 1 fully saturated rings. The first kappa shape index (κ1) is 17.7. The second kappa shape index (κ2) is 8.86. The molecule has 0 aliphatic heterocycles. The second-order valence-corrected chi connectivity index (χ2v) is 6.87. The summed E-state index contributed by atoms with van der Waals surface area (Å²) in [7, 11) is 1.66. The largest absolute Gasteiger partial charge is 0.507 e. The monoisotopic (exact) mass is 340 g/mol. The van der Waals surface area contributed by atoms with Crippen LogP contribution >= 0.6 is 0 Å². The minimum Gasteiger partial charge on any atom is -0.507 e. The molecule has 0 unspecified atom stereocenters. The van der Waals surface area contributed by atoms with Crippen LogP contribution in [0.15, 0.2) is 42.7 Å². The number of nitrogens with zero attached hydrogens (tertiary/aromatic N) is 2. The average Bonchev–Trinajstić information content (AvgIpc) is 2.93. The van der Waals surface area contributed by atoms with Crippen LogP contribution in [0, 0.1) is 0 Å². The van der Waals surface area contributed by atoms with E-state index in [-0.39, 0.29) is 0 Å². The number of phenols is 1. The zero-order valence-electron chi connectivity index (χ0n) is 15.0. The summed E-state index contributed by atoms with van der Waals surface area (Å²) in [6, 6.07) is 10.1. The van der Waals surface area contributed by atoms with Crippen LogP contribution < -0.4 is 4.74 Å².